The number of carbonyl (C=O) groups excluding carboxylic acids is 1. The van der Waals surface area contributed by atoms with Crippen LogP contribution in [0.2, 0.25) is 0 Å². The molecule has 0 fully saturated rings. The number of hydrogen-bond donors (Lipinski definition) is 2. The van der Waals surface area contributed by atoms with Crippen LogP contribution in [0.3, 0.4) is 0 Å². The van der Waals surface area contributed by atoms with Gasteiger partial charge in [-0.05, 0) is 31.5 Å². The first kappa shape index (κ1) is 14.1. The molecule has 20 heavy (non-hydrogen) atoms. The Hall–Kier alpha value is -2.30. The number of aromatic nitrogens is 1. The largest absolute Gasteiger partial charge is 0.467 e. The van der Waals surface area contributed by atoms with E-state index in [-0.39, 0.29) is 11.9 Å². The molecule has 2 heterocycles. The molecule has 5 heteroatoms. The van der Waals surface area contributed by atoms with Crippen molar-refractivity contribution in [2.45, 2.75) is 32.9 Å². The molecule has 0 bridgehead atoms. The van der Waals surface area contributed by atoms with Gasteiger partial charge in [0.15, 0.2) is 0 Å². The molecule has 1 unspecified atom stereocenters. The average Bonchev–Trinajstić information content (AvgIpc) is 2.98. The van der Waals surface area contributed by atoms with Crippen LogP contribution in [-0.2, 0) is 6.54 Å². The third-order valence-electron chi connectivity index (χ3n) is 3.04. The third-order valence-corrected chi connectivity index (χ3v) is 3.04. The van der Waals surface area contributed by atoms with Gasteiger partial charge in [0.05, 0.1) is 24.1 Å². The number of carbonyl (C=O) groups is 1. The standard InChI is InChI=1S/C15H19N3O2/c1-3-11(2)18-15(19)12-7-13(9-16-8-12)17-10-14-5-4-6-20-14/h4-9,11,17H,3,10H2,1-2H3,(H,18,19). The molecule has 0 saturated heterocycles. The Morgan fingerprint density at radius 3 is 3.00 bits per heavy atom. The molecule has 5 nitrogen and oxygen atoms in total. The molecule has 0 aromatic carbocycles. The molecule has 0 aliphatic carbocycles. The molecule has 0 spiro atoms. The summed E-state index contributed by atoms with van der Waals surface area (Å²) in [6, 6.07) is 5.67. The molecule has 2 rings (SSSR count). The van der Waals surface area contributed by atoms with Crippen LogP contribution >= 0.6 is 0 Å². The second-order valence-corrected chi connectivity index (χ2v) is 4.68. The summed E-state index contributed by atoms with van der Waals surface area (Å²) in [6.45, 7) is 4.57. The zero-order chi connectivity index (χ0) is 14.4. The summed E-state index contributed by atoms with van der Waals surface area (Å²) in [6.07, 6.45) is 5.78. The summed E-state index contributed by atoms with van der Waals surface area (Å²) in [7, 11) is 0. The fourth-order valence-corrected chi connectivity index (χ4v) is 1.67. The monoisotopic (exact) mass is 273 g/mol. The second-order valence-electron chi connectivity index (χ2n) is 4.68. The lowest BCUT2D eigenvalue weighted by Gasteiger charge is -2.12. The SMILES string of the molecule is CCC(C)NC(=O)c1cncc(NCc2ccco2)c1. The Kier molecular flexibility index (Phi) is 4.76. The number of amides is 1. The van der Waals surface area contributed by atoms with Gasteiger partial charge in [-0.3, -0.25) is 9.78 Å². The first-order valence-electron chi connectivity index (χ1n) is 6.71. The van der Waals surface area contributed by atoms with E-state index in [0.717, 1.165) is 17.9 Å². The van der Waals surface area contributed by atoms with E-state index in [2.05, 4.69) is 15.6 Å². The van der Waals surface area contributed by atoms with Crippen molar-refractivity contribution in [1.29, 1.82) is 0 Å². The maximum atomic E-state index is 12.0. The maximum absolute atomic E-state index is 12.0. The van der Waals surface area contributed by atoms with Crippen molar-refractivity contribution < 1.29 is 9.21 Å². The lowest BCUT2D eigenvalue weighted by molar-refractivity contribution is 0.0939. The van der Waals surface area contributed by atoms with Crippen LogP contribution in [0.25, 0.3) is 0 Å². The van der Waals surface area contributed by atoms with E-state index in [1.165, 1.54) is 0 Å². The van der Waals surface area contributed by atoms with Crippen molar-refractivity contribution in [3.8, 4) is 0 Å². The highest BCUT2D eigenvalue weighted by Gasteiger charge is 2.09. The van der Waals surface area contributed by atoms with Crippen molar-refractivity contribution in [1.82, 2.24) is 10.3 Å². The summed E-state index contributed by atoms with van der Waals surface area (Å²) >= 11 is 0. The van der Waals surface area contributed by atoms with Gasteiger partial charge >= 0.3 is 0 Å². The first-order valence-corrected chi connectivity index (χ1v) is 6.71. The molecular formula is C15H19N3O2. The van der Waals surface area contributed by atoms with E-state index in [9.17, 15) is 4.79 Å². The van der Waals surface area contributed by atoms with Gasteiger partial charge in [-0.1, -0.05) is 6.92 Å². The Balaban J connectivity index is 1.98. The van der Waals surface area contributed by atoms with Gasteiger partial charge in [0.25, 0.3) is 5.91 Å². The van der Waals surface area contributed by atoms with E-state index < -0.39 is 0 Å². The van der Waals surface area contributed by atoms with Gasteiger partial charge in [0, 0.05) is 18.4 Å². The van der Waals surface area contributed by atoms with Crippen molar-refractivity contribution in [3.05, 3.63) is 48.2 Å². The van der Waals surface area contributed by atoms with Gasteiger partial charge in [0.2, 0.25) is 0 Å². The molecule has 0 aliphatic heterocycles. The molecule has 0 saturated carbocycles. The maximum Gasteiger partial charge on any atom is 0.253 e. The lowest BCUT2D eigenvalue weighted by Crippen LogP contribution is -2.32. The van der Waals surface area contributed by atoms with Crippen molar-refractivity contribution in [2.75, 3.05) is 5.32 Å². The Labute approximate surface area is 118 Å². The third kappa shape index (κ3) is 3.85. The van der Waals surface area contributed by atoms with Crippen LogP contribution in [0.15, 0.2) is 41.3 Å². The Morgan fingerprint density at radius 1 is 1.45 bits per heavy atom. The smallest absolute Gasteiger partial charge is 0.253 e. The molecule has 0 radical (unpaired) electrons. The molecule has 2 aromatic rings. The first-order chi connectivity index (χ1) is 9.69. The number of anilines is 1. The van der Waals surface area contributed by atoms with Crippen LogP contribution in [-0.4, -0.2) is 16.9 Å². The molecule has 0 aliphatic rings. The van der Waals surface area contributed by atoms with Crippen LogP contribution in [0, 0.1) is 0 Å². The highest BCUT2D eigenvalue weighted by molar-refractivity contribution is 5.94. The van der Waals surface area contributed by atoms with E-state index >= 15 is 0 Å². The summed E-state index contributed by atoms with van der Waals surface area (Å²) in [5.41, 5.74) is 1.34. The highest BCUT2D eigenvalue weighted by atomic mass is 16.3. The highest BCUT2D eigenvalue weighted by Crippen LogP contribution is 2.11. The van der Waals surface area contributed by atoms with Gasteiger partial charge in [-0.15, -0.1) is 0 Å². The van der Waals surface area contributed by atoms with Crippen molar-refractivity contribution in [3.63, 3.8) is 0 Å². The molecule has 2 N–H and O–H groups in total. The Morgan fingerprint density at radius 2 is 2.30 bits per heavy atom. The van der Waals surface area contributed by atoms with Crippen LogP contribution in [0.1, 0.15) is 36.4 Å². The second kappa shape index (κ2) is 6.75. The van der Waals surface area contributed by atoms with Gasteiger partial charge < -0.3 is 15.1 Å². The van der Waals surface area contributed by atoms with Gasteiger partial charge in [-0.25, -0.2) is 0 Å². The molecule has 1 atom stereocenters. The van der Waals surface area contributed by atoms with E-state index in [4.69, 9.17) is 4.42 Å². The number of furan rings is 1. The van der Waals surface area contributed by atoms with Crippen molar-refractivity contribution >= 4 is 11.6 Å². The summed E-state index contributed by atoms with van der Waals surface area (Å²) < 4.78 is 5.24. The summed E-state index contributed by atoms with van der Waals surface area (Å²) in [4.78, 5) is 16.1. The van der Waals surface area contributed by atoms with Crippen LogP contribution in [0.4, 0.5) is 5.69 Å². The predicted octanol–water partition coefficient (Wildman–Crippen LogP) is 2.82. The van der Waals surface area contributed by atoms with Gasteiger partial charge in [-0.2, -0.15) is 0 Å². The fourth-order valence-electron chi connectivity index (χ4n) is 1.67. The van der Waals surface area contributed by atoms with E-state index in [1.807, 2.05) is 26.0 Å². The van der Waals surface area contributed by atoms with Gasteiger partial charge in [0.1, 0.15) is 5.76 Å². The zero-order valence-corrected chi connectivity index (χ0v) is 11.7. The van der Waals surface area contributed by atoms with E-state index in [0.29, 0.717) is 12.1 Å². The molecule has 1 amide bonds. The predicted molar refractivity (Wildman–Crippen MR) is 77.5 cm³/mol. The minimum Gasteiger partial charge on any atom is -0.467 e. The molecular weight excluding hydrogens is 254 g/mol. The topological polar surface area (TPSA) is 67.2 Å². The number of pyridine rings is 1. The summed E-state index contributed by atoms with van der Waals surface area (Å²) in [5, 5.41) is 6.09. The fraction of sp³-hybridized carbons (Fsp3) is 0.333. The number of nitrogens with one attached hydrogen (secondary N) is 2. The number of rotatable bonds is 6. The minimum atomic E-state index is -0.103. The zero-order valence-electron chi connectivity index (χ0n) is 11.7. The average molecular weight is 273 g/mol. The Bertz CT molecular complexity index is 552. The number of hydrogen-bond acceptors (Lipinski definition) is 4. The number of nitrogens with zero attached hydrogens (tertiary/aromatic N) is 1. The molecule has 2 aromatic heterocycles. The normalized spacial score (nSPS) is 11.9. The lowest BCUT2D eigenvalue weighted by atomic mass is 10.2. The van der Waals surface area contributed by atoms with Crippen LogP contribution in [0.5, 0.6) is 0 Å². The van der Waals surface area contributed by atoms with Crippen LogP contribution < -0.4 is 10.6 Å². The molecule has 106 valence electrons. The van der Waals surface area contributed by atoms with Crippen molar-refractivity contribution in [2.24, 2.45) is 0 Å². The summed E-state index contributed by atoms with van der Waals surface area (Å²) in [5.74, 6) is 0.730. The minimum absolute atomic E-state index is 0.103. The quantitative estimate of drug-likeness (QED) is 0.849. The van der Waals surface area contributed by atoms with E-state index in [1.54, 1.807) is 24.7 Å².